The van der Waals surface area contributed by atoms with Gasteiger partial charge in [0.2, 0.25) is 0 Å². The Morgan fingerprint density at radius 2 is 2.44 bits per heavy atom. The molecular weight excluding hydrogens is 124 g/mol. The summed E-state index contributed by atoms with van der Waals surface area (Å²) in [6, 6.07) is 0. The first-order valence-electron chi connectivity index (χ1n) is 2.45. The van der Waals surface area contributed by atoms with Crippen molar-refractivity contribution in [1.29, 1.82) is 0 Å². The van der Waals surface area contributed by atoms with E-state index >= 15 is 0 Å². The van der Waals surface area contributed by atoms with Gasteiger partial charge in [-0.1, -0.05) is 0 Å². The molecular formula is C5H9O4. The standard InChI is InChI=1S/C5H9O4/c1-4(7)9-3-5(8)2-6/h2,5-6,8H,3H2,1H3. The van der Waals surface area contributed by atoms with Crippen LogP contribution in [-0.4, -0.2) is 28.9 Å². The highest BCUT2D eigenvalue weighted by molar-refractivity contribution is 5.65. The van der Waals surface area contributed by atoms with Gasteiger partial charge in [-0.25, -0.2) is 0 Å². The number of carbonyl (C=O) groups excluding carboxylic acids is 1. The first kappa shape index (κ1) is 8.39. The normalized spacial score (nSPS) is 12.8. The molecule has 2 N–H and O–H groups in total. The van der Waals surface area contributed by atoms with Crippen LogP contribution in [0.2, 0.25) is 0 Å². The quantitative estimate of drug-likeness (QED) is 0.506. The Bertz CT molecular complexity index is 91.0. The van der Waals surface area contributed by atoms with Crippen molar-refractivity contribution in [3.63, 3.8) is 0 Å². The second kappa shape index (κ2) is 4.29. The molecule has 0 saturated heterocycles. The second-order valence-electron chi connectivity index (χ2n) is 1.52. The lowest BCUT2D eigenvalue weighted by atomic mass is 10.4. The highest BCUT2D eigenvalue weighted by Crippen LogP contribution is 1.86. The molecule has 0 spiro atoms. The number of hydrogen-bond donors (Lipinski definition) is 2. The van der Waals surface area contributed by atoms with Gasteiger partial charge in [-0.05, 0) is 0 Å². The molecule has 0 amide bonds. The van der Waals surface area contributed by atoms with Crippen LogP contribution in [0.1, 0.15) is 6.92 Å². The molecule has 1 radical (unpaired) electrons. The summed E-state index contributed by atoms with van der Waals surface area (Å²) in [4.78, 5) is 10.0. The fourth-order valence-electron chi connectivity index (χ4n) is 0.246. The van der Waals surface area contributed by atoms with E-state index in [0.717, 1.165) is 0 Å². The van der Waals surface area contributed by atoms with Gasteiger partial charge >= 0.3 is 5.97 Å². The molecule has 1 atom stereocenters. The molecule has 0 rings (SSSR count). The van der Waals surface area contributed by atoms with Crippen molar-refractivity contribution in [3.8, 4) is 0 Å². The number of carbonyl (C=O) groups is 1. The lowest BCUT2D eigenvalue weighted by Crippen LogP contribution is -2.17. The molecule has 4 heteroatoms. The zero-order valence-corrected chi connectivity index (χ0v) is 5.07. The van der Waals surface area contributed by atoms with Crippen LogP contribution in [0.15, 0.2) is 0 Å². The lowest BCUT2D eigenvalue weighted by Gasteiger charge is -2.04. The minimum atomic E-state index is -1.08. The van der Waals surface area contributed by atoms with Gasteiger partial charge in [-0.15, -0.1) is 0 Å². The molecule has 0 aromatic rings. The van der Waals surface area contributed by atoms with E-state index in [1.54, 1.807) is 0 Å². The Morgan fingerprint density at radius 1 is 1.89 bits per heavy atom. The first-order valence-corrected chi connectivity index (χ1v) is 2.45. The van der Waals surface area contributed by atoms with Crippen LogP contribution in [0.4, 0.5) is 0 Å². The van der Waals surface area contributed by atoms with Crippen molar-refractivity contribution in [3.05, 3.63) is 6.61 Å². The number of esters is 1. The molecule has 4 nitrogen and oxygen atoms in total. The van der Waals surface area contributed by atoms with Crippen LogP contribution in [-0.2, 0) is 9.53 Å². The molecule has 0 aliphatic carbocycles. The smallest absolute Gasteiger partial charge is 0.302 e. The number of ether oxygens (including phenoxy) is 1. The average Bonchev–Trinajstić information content (AvgIpc) is 1.83. The van der Waals surface area contributed by atoms with Gasteiger partial charge in [-0.3, -0.25) is 4.79 Å². The summed E-state index contributed by atoms with van der Waals surface area (Å²) in [6.07, 6.45) is -1.08. The molecule has 0 heterocycles. The number of aliphatic hydroxyl groups excluding tert-OH is 2. The molecule has 9 heavy (non-hydrogen) atoms. The zero-order valence-electron chi connectivity index (χ0n) is 5.07. The van der Waals surface area contributed by atoms with E-state index in [1.807, 2.05) is 0 Å². The maximum absolute atomic E-state index is 10.0. The summed E-state index contributed by atoms with van der Waals surface area (Å²) < 4.78 is 4.31. The Labute approximate surface area is 53.1 Å². The predicted octanol–water partition coefficient (Wildman–Crippen LogP) is -0.555. The summed E-state index contributed by atoms with van der Waals surface area (Å²) in [5.74, 6) is -0.476. The van der Waals surface area contributed by atoms with Crippen LogP contribution in [0.3, 0.4) is 0 Å². The van der Waals surface area contributed by atoms with Crippen molar-refractivity contribution in [1.82, 2.24) is 0 Å². The predicted molar refractivity (Wildman–Crippen MR) is 28.9 cm³/mol. The van der Waals surface area contributed by atoms with Gasteiger partial charge in [0.05, 0.1) is 0 Å². The summed E-state index contributed by atoms with van der Waals surface area (Å²) in [7, 11) is 0. The van der Waals surface area contributed by atoms with E-state index in [1.165, 1.54) is 6.92 Å². The topological polar surface area (TPSA) is 66.8 Å². The second-order valence-corrected chi connectivity index (χ2v) is 1.52. The minimum Gasteiger partial charge on any atom is -0.463 e. The van der Waals surface area contributed by atoms with E-state index in [9.17, 15) is 4.79 Å². The molecule has 0 fully saturated rings. The summed E-state index contributed by atoms with van der Waals surface area (Å²) in [5.41, 5.74) is 0. The van der Waals surface area contributed by atoms with Crippen LogP contribution in [0.5, 0.6) is 0 Å². The number of rotatable bonds is 3. The van der Waals surface area contributed by atoms with E-state index < -0.39 is 12.1 Å². The van der Waals surface area contributed by atoms with Gasteiger partial charge in [0.1, 0.15) is 19.3 Å². The van der Waals surface area contributed by atoms with Gasteiger partial charge in [0.25, 0.3) is 0 Å². The molecule has 1 unspecified atom stereocenters. The SMILES string of the molecule is CC(=O)OCC(O)[CH]O. The van der Waals surface area contributed by atoms with Crippen LogP contribution in [0, 0.1) is 6.61 Å². The highest BCUT2D eigenvalue weighted by Gasteiger charge is 2.02. The minimum absolute atomic E-state index is 0.189. The van der Waals surface area contributed by atoms with Crippen molar-refractivity contribution in [2.45, 2.75) is 13.0 Å². The molecule has 0 aliphatic heterocycles. The Balaban J connectivity index is 3.16. The number of hydrogen-bond acceptors (Lipinski definition) is 4. The number of aliphatic hydroxyl groups is 2. The van der Waals surface area contributed by atoms with Crippen LogP contribution >= 0.6 is 0 Å². The van der Waals surface area contributed by atoms with Crippen molar-refractivity contribution < 1.29 is 19.7 Å². The maximum Gasteiger partial charge on any atom is 0.302 e. The third-order valence-electron chi connectivity index (χ3n) is 0.629. The Kier molecular flexibility index (Phi) is 4.00. The van der Waals surface area contributed by atoms with Gasteiger partial charge < -0.3 is 14.9 Å². The Hall–Kier alpha value is -0.610. The van der Waals surface area contributed by atoms with Gasteiger partial charge in [0.15, 0.2) is 0 Å². The monoisotopic (exact) mass is 133 g/mol. The maximum atomic E-state index is 10.0. The van der Waals surface area contributed by atoms with Crippen molar-refractivity contribution in [2.75, 3.05) is 6.61 Å². The van der Waals surface area contributed by atoms with Gasteiger partial charge in [-0.2, -0.15) is 0 Å². The van der Waals surface area contributed by atoms with Crippen molar-refractivity contribution >= 4 is 5.97 Å². The molecule has 0 saturated carbocycles. The molecule has 0 aromatic carbocycles. The van der Waals surface area contributed by atoms with E-state index in [4.69, 9.17) is 10.2 Å². The van der Waals surface area contributed by atoms with E-state index in [2.05, 4.69) is 4.74 Å². The highest BCUT2D eigenvalue weighted by atomic mass is 16.5. The fourth-order valence-corrected chi connectivity index (χ4v) is 0.246. The average molecular weight is 133 g/mol. The lowest BCUT2D eigenvalue weighted by molar-refractivity contribution is -0.143. The summed E-state index contributed by atoms with van der Waals surface area (Å²) >= 11 is 0. The molecule has 0 aromatic heterocycles. The van der Waals surface area contributed by atoms with E-state index in [0.29, 0.717) is 6.61 Å². The molecule has 0 bridgehead atoms. The zero-order chi connectivity index (χ0) is 7.28. The van der Waals surface area contributed by atoms with Crippen molar-refractivity contribution in [2.24, 2.45) is 0 Å². The summed E-state index contributed by atoms with van der Waals surface area (Å²) in [6.45, 7) is 1.60. The van der Waals surface area contributed by atoms with Gasteiger partial charge in [0, 0.05) is 6.92 Å². The third-order valence-corrected chi connectivity index (χ3v) is 0.629. The Morgan fingerprint density at radius 3 is 2.78 bits per heavy atom. The fraction of sp³-hybridized carbons (Fsp3) is 0.600. The third kappa shape index (κ3) is 5.26. The first-order chi connectivity index (χ1) is 4.16. The van der Waals surface area contributed by atoms with Crippen LogP contribution < -0.4 is 0 Å². The molecule has 53 valence electrons. The van der Waals surface area contributed by atoms with Crippen LogP contribution in [0.25, 0.3) is 0 Å². The largest absolute Gasteiger partial charge is 0.463 e. The molecule has 0 aliphatic rings. The van der Waals surface area contributed by atoms with E-state index in [-0.39, 0.29) is 6.61 Å². The summed E-state index contributed by atoms with van der Waals surface area (Å²) in [5, 5.41) is 16.6.